The number of likely N-dealkylation sites (N-methyl/N-ethyl adjacent to an activating group) is 1. The van der Waals surface area contributed by atoms with Crippen molar-refractivity contribution in [1.29, 1.82) is 0 Å². The molecule has 0 atom stereocenters. The minimum Gasteiger partial charge on any atom is -0.493 e. The molecule has 1 amide bonds. The van der Waals surface area contributed by atoms with Gasteiger partial charge >= 0.3 is 0 Å². The van der Waals surface area contributed by atoms with Gasteiger partial charge in [-0.3, -0.25) is 4.79 Å². The lowest BCUT2D eigenvalue weighted by molar-refractivity contribution is -0.121. The van der Waals surface area contributed by atoms with Crippen molar-refractivity contribution in [3.8, 4) is 11.5 Å². The van der Waals surface area contributed by atoms with Crippen molar-refractivity contribution < 1.29 is 14.3 Å². The van der Waals surface area contributed by atoms with E-state index in [1.165, 1.54) is 0 Å². The zero-order valence-electron chi connectivity index (χ0n) is 14.1. The molecule has 0 saturated carbocycles. The first-order valence-corrected chi connectivity index (χ1v) is 7.84. The van der Waals surface area contributed by atoms with Crippen LogP contribution < -0.4 is 14.8 Å². The Morgan fingerprint density at radius 3 is 2.41 bits per heavy atom. The van der Waals surface area contributed by atoms with Crippen LogP contribution in [0, 0.1) is 0 Å². The first kappa shape index (κ1) is 18.3. The van der Waals surface area contributed by atoms with Crippen LogP contribution in [-0.2, 0) is 11.2 Å². The van der Waals surface area contributed by atoms with E-state index in [1.54, 1.807) is 14.2 Å². The summed E-state index contributed by atoms with van der Waals surface area (Å²) in [6.07, 6.45) is 1.17. The topological polar surface area (TPSA) is 50.8 Å². The number of benzene rings is 1. The SMILES string of the molecule is CCN(CC)CCNC(=O)CCc1ccc(OC)c(OC)c1. The second kappa shape index (κ2) is 10.1. The molecule has 0 fully saturated rings. The fraction of sp³-hybridized carbons (Fsp3) is 0.588. The molecule has 0 heterocycles. The summed E-state index contributed by atoms with van der Waals surface area (Å²) in [5.74, 6) is 1.49. The van der Waals surface area contributed by atoms with Crippen LogP contribution in [0.25, 0.3) is 0 Å². The fourth-order valence-electron chi connectivity index (χ4n) is 2.28. The smallest absolute Gasteiger partial charge is 0.220 e. The molecule has 22 heavy (non-hydrogen) atoms. The number of hydrogen-bond acceptors (Lipinski definition) is 4. The molecule has 1 N–H and O–H groups in total. The average molecular weight is 308 g/mol. The molecule has 0 aromatic heterocycles. The Hall–Kier alpha value is -1.75. The number of amides is 1. The molecule has 1 aromatic carbocycles. The Labute approximate surface area is 133 Å². The highest BCUT2D eigenvalue weighted by atomic mass is 16.5. The molecule has 124 valence electrons. The maximum Gasteiger partial charge on any atom is 0.220 e. The number of rotatable bonds is 10. The summed E-state index contributed by atoms with van der Waals surface area (Å²) in [5.41, 5.74) is 1.07. The highest BCUT2D eigenvalue weighted by Crippen LogP contribution is 2.27. The third kappa shape index (κ3) is 5.93. The van der Waals surface area contributed by atoms with E-state index in [0.29, 0.717) is 30.9 Å². The Morgan fingerprint density at radius 2 is 1.82 bits per heavy atom. The summed E-state index contributed by atoms with van der Waals surface area (Å²) >= 11 is 0. The number of carbonyl (C=O) groups is 1. The Morgan fingerprint density at radius 1 is 1.14 bits per heavy atom. The van der Waals surface area contributed by atoms with Crippen LogP contribution in [0.1, 0.15) is 25.8 Å². The van der Waals surface area contributed by atoms with Gasteiger partial charge in [0.05, 0.1) is 14.2 Å². The molecule has 1 rings (SSSR count). The van der Waals surface area contributed by atoms with Crippen LogP contribution in [-0.4, -0.2) is 51.2 Å². The zero-order valence-corrected chi connectivity index (χ0v) is 14.1. The molecule has 0 aliphatic carbocycles. The average Bonchev–Trinajstić information content (AvgIpc) is 2.56. The van der Waals surface area contributed by atoms with E-state index in [4.69, 9.17) is 9.47 Å². The van der Waals surface area contributed by atoms with Crippen molar-refractivity contribution in [2.75, 3.05) is 40.4 Å². The summed E-state index contributed by atoms with van der Waals surface area (Å²) in [6, 6.07) is 5.75. The van der Waals surface area contributed by atoms with Crippen molar-refractivity contribution >= 4 is 5.91 Å². The summed E-state index contributed by atoms with van der Waals surface area (Å²) in [4.78, 5) is 14.2. The van der Waals surface area contributed by atoms with Gasteiger partial charge in [-0.05, 0) is 37.2 Å². The molecule has 0 radical (unpaired) electrons. The largest absolute Gasteiger partial charge is 0.493 e. The van der Waals surface area contributed by atoms with Crippen LogP contribution in [0.3, 0.4) is 0 Å². The Balaban J connectivity index is 2.38. The summed E-state index contributed by atoms with van der Waals surface area (Å²) in [5, 5.41) is 2.97. The van der Waals surface area contributed by atoms with Gasteiger partial charge in [0.15, 0.2) is 11.5 Å². The molecule has 0 saturated heterocycles. The molecular formula is C17H28N2O3. The van der Waals surface area contributed by atoms with Crippen LogP contribution in [0.15, 0.2) is 18.2 Å². The molecule has 5 nitrogen and oxygen atoms in total. The maximum atomic E-state index is 11.9. The van der Waals surface area contributed by atoms with Gasteiger partial charge in [0.2, 0.25) is 5.91 Å². The van der Waals surface area contributed by atoms with Crippen molar-refractivity contribution in [3.63, 3.8) is 0 Å². The monoisotopic (exact) mass is 308 g/mol. The van der Waals surface area contributed by atoms with Gasteiger partial charge in [0, 0.05) is 19.5 Å². The van der Waals surface area contributed by atoms with Crippen LogP contribution in [0.2, 0.25) is 0 Å². The number of nitrogens with zero attached hydrogens (tertiary/aromatic N) is 1. The van der Waals surface area contributed by atoms with E-state index in [0.717, 1.165) is 25.2 Å². The summed E-state index contributed by atoms with van der Waals surface area (Å²) in [6.45, 7) is 7.88. The van der Waals surface area contributed by atoms with E-state index in [-0.39, 0.29) is 5.91 Å². The van der Waals surface area contributed by atoms with E-state index < -0.39 is 0 Å². The van der Waals surface area contributed by atoms with E-state index in [9.17, 15) is 4.79 Å². The Kier molecular flexibility index (Phi) is 8.36. The second-order valence-corrected chi connectivity index (χ2v) is 5.07. The van der Waals surface area contributed by atoms with Gasteiger partial charge in [-0.2, -0.15) is 0 Å². The highest BCUT2D eigenvalue weighted by molar-refractivity contribution is 5.76. The van der Waals surface area contributed by atoms with Gasteiger partial charge in [-0.1, -0.05) is 19.9 Å². The second-order valence-electron chi connectivity index (χ2n) is 5.07. The van der Waals surface area contributed by atoms with Crippen LogP contribution >= 0.6 is 0 Å². The van der Waals surface area contributed by atoms with Crippen molar-refractivity contribution in [2.24, 2.45) is 0 Å². The number of nitrogens with one attached hydrogen (secondary N) is 1. The van der Waals surface area contributed by atoms with Gasteiger partial charge < -0.3 is 19.7 Å². The van der Waals surface area contributed by atoms with Crippen molar-refractivity contribution in [2.45, 2.75) is 26.7 Å². The van der Waals surface area contributed by atoms with Crippen LogP contribution in [0.5, 0.6) is 11.5 Å². The van der Waals surface area contributed by atoms with E-state index >= 15 is 0 Å². The zero-order chi connectivity index (χ0) is 16.4. The van der Waals surface area contributed by atoms with E-state index in [2.05, 4.69) is 24.1 Å². The standard InChI is InChI=1S/C17H28N2O3/c1-5-19(6-2)12-11-18-17(20)10-8-14-7-9-15(21-3)16(13-14)22-4/h7,9,13H,5-6,8,10-12H2,1-4H3,(H,18,20). The quantitative estimate of drug-likeness (QED) is 0.719. The predicted octanol–water partition coefficient (Wildman–Crippen LogP) is 2.09. The molecule has 0 aliphatic rings. The van der Waals surface area contributed by atoms with Crippen molar-refractivity contribution in [1.82, 2.24) is 10.2 Å². The number of carbonyl (C=O) groups excluding carboxylic acids is 1. The van der Waals surface area contributed by atoms with Gasteiger partial charge in [0.1, 0.15) is 0 Å². The number of aryl methyl sites for hydroxylation is 1. The number of methoxy groups -OCH3 is 2. The van der Waals surface area contributed by atoms with Gasteiger partial charge in [0.25, 0.3) is 0 Å². The van der Waals surface area contributed by atoms with Gasteiger partial charge in [-0.15, -0.1) is 0 Å². The molecule has 0 unspecified atom stereocenters. The first-order chi connectivity index (χ1) is 10.6. The molecular weight excluding hydrogens is 280 g/mol. The Bertz CT molecular complexity index is 459. The third-order valence-corrected chi connectivity index (χ3v) is 3.73. The number of hydrogen-bond donors (Lipinski definition) is 1. The normalized spacial score (nSPS) is 10.6. The van der Waals surface area contributed by atoms with E-state index in [1.807, 2.05) is 18.2 Å². The third-order valence-electron chi connectivity index (χ3n) is 3.73. The fourth-order valence-corrected chi connectivity index (χ4v) is 2.28. The lowest BCUT2D eigenvalue weighted by atomic mass is 10.1. The molecule has 1 aromatic rings. The lowest BCUT2D eigenvalue weighted by Crippen LogP contribution is -2.34. The van der Waals surface area contributed by atoms with Crippen LogP contribution in [0.4, 0.5) is 0 Å². The summed E-state index contributed by atoms with van der Waals surface area (Å²) in [7, 11) is 3.22. The van der Waals surface area contributed by atoms with Crippen molar-refractivity contribution in [3.05, 3.63) is 23.8 Å². The molecule has 0 spiro atoms. The van der Waals surface area contributed by atoms with Gasteiger partial charge in [-0.25, -0.2) is 0 Å². The maximum absolute atomic E-state index is 11.9. The predicted molar refractivity (Wildman–Crippen MR) is 88.7 cm³/mol. The number of ether oxygens (including phenoxy) is 2. The highest BCUT2D eigenvalue weighted by Gasteiger charge is 2.07. The first-order valence-electron chi connectivity index (χ1n) is 7.84. The molecule has 5 heteroatoms. The lowest BCUT2D eigenvalue weighted by Gasteiger charge is -2.17. The molecule has 0 aliphatic heterocycles. The molecule has 0 bridgehead atoms. The minimum atomic E-state index is 0.0851. The minimum absolute atomic E-state index is 0.0851. The summed E-state index contributed by atoms with van der Waals surface area (Å²) < 4.78 is 10.5.